The molecule has 0 saturated carbocycles. The second-order valence-corrected chi connectivity index (χ2v) is 6.72. The average molecular weight is 461 g/mol. The van der Waals surface area contributed by atoms with Gasteiger partial charge in [0.2, 0.25) is 0 Å². The van der Waals surface area contributed by atoms with Crippen molar-refractivity contribution in [2.75, 3.05) is 0 Å². The molecule has 0 saturated heterocycles. The van der Waals surface area contributed by atoms with Gasteiger partial charge in [0.1, 0.15) is 5.65 Å². The molecule has 100 valence electrons. The number of fused-ring (bicyclic) bond motifs is 1. The number of rotatable bonds is 2. The number of nitrogens with zero attached hydrogens (tertiary/aromatic N) is 1. The van der Waals surface area contributed by atoms with Crippen LogP contribution in [-0.4, -0.2) is 15.8 Å². The van der Waals surface area contributed by atoms with E-state index < -0.39 is 0 Å². The number of H-pyrrole nitrogens is 1. The summed E-state index contributed by atoms with van der Waals surface area (Å²) in [5.41, 5.74) is 1.88. The van der Waals surface area contributed by atoms with Gasteiger partial charge >= 0.3 is 0 Å². The molecule has 1 aromatic carbocycles. The van der Waals surface area contributed by atoms with Gasteiger partial charge in [-0.05, 0) is 62.8 Å². The van der Waals surface area contributed by atoms with Gasteiger partial charge in [0.05, 0.1) is 0 Å². The first-order valence-electron chi connectivity index (χ1n) is 5.68. The van der Waals surface area contributed by atoms with Crippen LogP contribution in [0.3, 0.4) is 0 Å². The standard InChI is InChI=1S/C14H7BrClIN2O/c15-7-3-9-11(6-19-14(9)18-5-7)13(20)10-4-8(16)1-2-12(10)17/h1-6H,(H,18,19). The zero-order valence-electron chi connectivity index (χ0n) is 9.95. The second kappa shape index (κ2) is 5.46. The Morgan fingerprint density at radius 3 is 2.90 bits per heavy atom. The molecule has 0 aliphatic heterocycles. The normalized spacial score (nSPS) is 10.9. The molecule has 0 fully saturated rings. The lowest BCUT2D eigenvalue weighted by Crippen LogP contribution is -2.03. The van der Waals surface area contributed by atoms with Crippen LogP contribution in [0.25, 0.3) is 11.0 Å². The maximum Gasteiger partial charge on any atom is 0.196 e. The number of benzene rings is 1. The molecule has 3 aromatic rings. The third-order valence-electron chi connectivity index (χ3n) is 2.92. The molecule has 0 unspecified atom stereocenters. The molecule has 3 rings (SSSR count). The molecule has 0 spiro atoms. The number of pyridine rings is 1. The minimum Gasteiger partial charge on any atom is -0.345 e. The number of aromatic amines is 1. The average Bonchev–Trinajstić information content (AvgIpc) is 2.83. The smallest absolute Gasteiger partial charge is 0.196 e. The molecule has 3 nitrogen and oxygen atoms in total. The second-order valence-electron chi connectivity index (χ2n) is 4.21. The largest absolute Gasteiger partial charge is 0.345 e. The van der Waals surface area contributed by atoms with Crippen molar-refractivity contribution in [1.29, 1.82) is 0 Å². The zero-order valence-corrected chi connectivity index (χ0v) is 14.5. The Hall–Kier alpha value is -0.920. The third kappa shape index (κ3) is 2.49. The molecule has 6 heteroatoms. The predicted molar refractivity (Wildman–Crippen MR) is 91.4 cm³/mol. The van der Waals surface area contributed by atoms with E-state index in [1.54, 1.807) is 24.5 Å². The maximum absolute atomic E-state index is 12.7. The Kier molecular flexibility index (Phi) is 3.83. The summed E-state index contributed by atoms with van der Waals surface area (Å²) < 4.78 is 1.70. The first-order chi connectivity index (χ1) is 9.56. The van der Waals surface area contributed by atoms with Gasteiger partial charge in [-0.2, -0.15) is 0 Å². The Bertz CT molecular complexity index is 831. The van der Waals surface area contributed by atoms with Crippen LogP contribution in [0.2, 0.25) is 5.02 Å². The van der Waals surface area contributed by atoms with Crippen molar-refractivity contribution < 1.29 is 4.79 Å². The molecule has 0 radical (unpaired) electrons. The molecule has 2 aromatic heterocycles. The number of carbonyl (C=O) groups is 1. The van der Waals surface area contributed by atoms with Crippen LogP contribution in [0.5, 0.6) is 0 Å². The topological polar surface area (TPSA) is 45.8 Å². The monoisotopic (exact) mass is 460 g/mol. The van der Waals surface area contributed by atoms with Gasteiger partial charge in [0, 0.05) is 42.0 Å². The molecule has 0 bridgehead atoms. The Morgan fingerprint density at radius 1 is 1.30 bits per heavy atom. The van der Waals surface area contributed by atoms with E-state index in [-0.39, 0.29) is 5.78 Å². The van der Waals surface area contributed by atoms with Crippen molar-refractivity contribution in [3.05, 3.63) is 60.9 Å². The van der Waals surface area contributed by atoms with Crippen molar-refractivity contribution in [1.82, 2.24) is 9.97 Å². The lowest BCUT2D eigenvalue weighted by atomic mass is 10.0. The van der Waals surface area contributed by atoms with Gasteiger partial charge in [-0.1, -0.05) is 11.6 Å². The highest BCUT2D eigenvalue weighted by Gasteiger charge is 2.17. The van der Waals surface area contributed by atoms with Crippen LogP contribution in [0, 0.1) is 3.57 Å². The fraction of sp³-hybridized carbons (Fsp3) is 0. The Morgan fingerprint density at radius 2 is 2.10 bits per heavy atom. The van der Waals surface area contributed by atoms with Gasteiger partial charge in [-0.25, -0.2) is 4.98 Å². The molecular formula is C14H7BrClIN2O. The first-order valence-corrected chi connectivity index (χ1v) is 7.93. The summed E-state index contributed by atoms with van der Waals surface area (Å²) in [5.74, 6) is -0.0666. The highest BCUT2D eigenvalue weighted by molar-refractivity contribution is 14.1. The number of nitrogens with one attached hydrogen (secondary N) is 1. The Balaban J connectivity index is 2.17. The lowest BCUT2D eigenvalue weighted by molar-refractivity contribution is 0.103. The SMILES string of the molecule is O=C(c1cc(Cl)ccc1I)c1c[nH]c2ncc(Br)cc12. The highest BCUT2D eigenvalue weighted by atomic mass is 127. The summed E-state index contributed by atoms with van der Waals surface area (Å²) in [5, 5.41) is 1.34. The van der Waals surface area contributed by atoms with Crippen molar-refractivity contribution in [2.24, 2.45) is 0 Å². The van der Waals surface area contributed by atoms with E-state index in [0.29, 0.717) is 21.8 Å². The minimum atomic E-state index is -0.0666. The summed E-state index contributed by atoms with van der Waals surface area (Å²) >= 11 is 11.5. The number of hydrogen-bond donors (Lipinski definition) is 1. The number of aromatic nitrogens is 2. The van der Waals surface area contributed by atoms with E-state index in [1.165, 1.54) is 0 Å². The summed E-state index contributed by atoms with van der Waals surface area (Å²) in [6, 6.07) is 7.17. The number of carbonyl (C=O) groups excluding carboxylic acids is 1. The number of ketones is 1. The van der Waals surface area contributed by atoms with Gasteiger partial charge in [0.25, 0.3) is 0 Å². The van der Waals surface area contributed by atoms with E-state index in [9.17, 15) is 4.79 Å². The molecule has 1 N–H and O–H groups in total. The van der Waals surface area contributed by atoms with Crippen LogP contribution < -0.4 is 0 Å². The van der Waals surface area contributed by atoms with Crippen molar-refractivity contribution in [2.45, 2.75) is 0 Å². The van der Waals surface area contributed by atoms with Crippen LogP contribution in [0.4, 0.5) is 0 Å². The quantitative estimate of drug-likeness (QED) is 0.440. The molecule has 0 aliphatic carbocycles. The van der Waals surface area contributed by atoms with Crippen molar-refractivity contribution in [3.8, 4) is 0 Å². The highest BCUT2D eigenvalue weighted by Crippen LogP contribution is 2.26. The van der Waals surface area contributed by atoms with Crippen LogP contribution in [0.15, 0.2) is 41.1 Å². The van der Waals surface area contributed by atoms with Gasteiger partial charge in [-0.3, -0.25) is 4.79 Å². The van der Waals surface area contributed by atoms with E-state index in [0.717, 1.165) is 13.4 Å². The summed E-state index contributed by atoms with van der Waals surface area (Å²) in [7, 11) is 0. The molecule has 2 heterocycles. The van der Waals surface area contributed by atoms with E-state index in [2.05, 4.69) is 48.5 Å². The predicted octanol–water partition coefficient (Wildman–Crippen LogP) is 4.81. The fourth-order valence-electron chi connectivity index (χ4n) is 1.98. The minimum absolute atomic E-state index is 0.0666. The van der Waals surface area contributed by atoms with E-state index in [1.807, 2.05) is 12.1 Å². The summed E-state index contributed by atoms with van der Waals surface area (Å²) in [6.07, 6.45) is 3.37. The maximum atomic E-state index is 12.7. The van der Waals surface area contributed by atoms with E-state index >= 15 is 0 Å². The van der Waals surface area contributed by atoms with Crippen molar-refractivity contribution in [3.63, 3.8) is 0 Å². The first kappa shape index (κ1) is 14.0. The number of hydrogen-bond acceptors (Lipinski definition) is 2. The molecular weight excluding hydrogens is 454 g/mol. The van der Waals surface area contributed by atoms with Gasteiger partial charge < -0.3 is 4.98 Å². The van der Waals surface area contributed by atoms with Gasteiger partial charge in [0.15, 0.2) is 5.78 Å². The summed E-state index contributed by atoms with van der Waals surface area (Å²) in [6.45, 7) is 0. The zero-order chi connectivity index (χ0) is 14.3. The van der Waals surface area contributed by atoms with Crippen LogP contribution in [0.1, 0.15) is 15.9 Å². The van der Waals surface area contributed by atoms with Crippen LogP contribution >= 0.6 is 50.1 Å². The molecule has 20 heavy (non-hydrogen) atoms. The summed E-state index contributed by atoms with van der Waals surface area (Å²) in [4.78, 5) is 19.9. The Labute approximate surface area is 142 Å². The van der Waals surface area contributed by atoms with Gasteiger partial charge in [-0.15, -0.1) is 0 Å². The molecule has 0 atom stereocenters. The lowest BCUT2D eigenvalue weighted by Gasteiger charge is -2.03. The number of halogens is 3. The van der Waals surface area contributed by atoms with Crippen LogP contribution in [-0.2, 0) is 0 Å². The third-order valence-corrected chi connectivity index (χ3v) is 4.52. The van der Waals surface area contributed by atoms with E-state index in [4.69, 9.17) is 11.6 Å². The fourth-order valence-corrected chi connectivity index (χ4v) is 3.07. The van der Waals surface area contributed by atoms with Crippen molar-refractivity contribution >= 4 is 66.9 Å². The molecule has 0 amide bonds. The molecule has 0 aliphatic rings.